The molecule has 0 saturated carbocycles. The maximum Gasteiger partial charge on any atom is 0.128 e. The van der Waals surface area contributed by atoms with Gasteiger partial charge in [-0.05, 0) is 25.5 Å². The lowest BCUT2D eigenvalue weighted by molar-refractivity contribution is 0.619. The third-order valence-corrected chi connectivity index (χ3v) is 2.33. The minimum absolute atomic E-state index is 0.243. The Kier molecular flexibility index (Phi) is 2.56. The van der Waals surface area contributed by atoms with E-state index in [1.807, 2.05) is 6.07 Å². The fourth-order valence-electron chi connectivity index (χ4n) is 1.49. The van der Waals surface area contributed by atoms with E-state index in [9.17, 15) is 4.39 Å². The number of hydrogen-bond donors (Lipinski definition) is 1. The van der Waals surface area contributed by atoms with Gasteiger partial charge in [0.1, 0.15) is 17.5 Å². The van der Waals surface area contributed by atoms with Crippen LogP contribution in [0.3, 0.4) is 0 Å². The van der Waals surface area contributed by atoms with Crippen LogP contribution in [0.25, 0.3) is 11.3 Å². The van der Waals surface area contributed by atoms with Gasteiger partial charge in [-0.2, -0.15) is 0 Å². The molecule has 0 bridgehead atoms. The minimum atomic E-state index is -0.243. The van der Waals surface area contributed by atoms with Crippen LogP contribution in [0.15, 0.2) is 24.3 Å². The van der Waals surface area contributed by atoms with E-state index in [1.165, 1.54) is 6.07 Å². The molecule has 4 heteroatoms. The molecule has 2 N–H and O–H groups in total. The Balaban J connectivity index is 2.54. The van der Waals surface area contributed by atoms with Crippen molar-refractivity contribution in [1.29, 1.82) is 0 Å². The largest absolute Gasteiger partial charge is 0.384 e. The van der Waals surface area contributed by atoms with Gasteiger partial charge in [-0.1, -0.05) is 12.1 Å². The highest BCUT2D eigenvalue weighted by Gasteiger charge is 2.05. The van der Waals surface area contributed by atoms with E-state index >= 15 is 0 Å². The van der Waals surface area contributed by atoms with E-state index in [1.54, 1.807) is 26.0 Å². The van der Waals surface area contributed by atoms with Gasteiger partial charge in [-0.3, -0.25) is 0 Å². The van der Waals surface area contributed by atoms with Crippen molar-refractivity contribution in [2.24, 2.45) is 0 Å². The zero-order valence-electron chi connectivity index (χ0n) is 9.16. The molecule has 2 rings (SSSR count). The third kappa shape index (κ3) is 2.00. The molecule has 0 amide bonds. The summed E-state index contributed by atoms with van der Waals surface area (Å²) in [5.41, 5.74) is 7.58. The molecular formula is C12H12FN3. The van der Waals surface area contributed by atoms with Crippen molar-refractivity contribution in [3.05, 3.63) is 41.5 Å². The molecule has 0 fully saturated rings. The molecule has 82 valence electrons. The molecule has 2 aromatic rings. The molecular weight excluding hydrogens is 205 g/mol. The monoisotopic (exact) mass is 217 g/mol. The highest BCUT2D eigenvalue weighted by Crippen LogP contribution is 2.21. The Bertz CT molecular complexity index is 518. The van der Waals surface area contributed by atoms with E-state index in [0.717, 1.165) is 0 Å². The summed E-state index contributed by atoms with van der Waals surface area (Å²) in [5, 5.41) is 0. The summed E-state index contributed by atoms with van der Waals surface area (Å²) in [7, 11) is 0. The lowest BCUT2D eigenvalue weighted by atomic mass is 10.1. The minimum Gasteiger partial charge on any atom is -0.384 e. The first-order valence-electron chi connectivity index (χ1n) is 4.94. The first kappa shape index (κ1) is 10.5. The Hall–Kier alpha value is -1.97. The lowest BCUT2D eigenvalue weighted by Gasteiger charge is -2.04. The normalized spacial score (nSPS) is 10.4. The van der Waals surface area contributed by atoms with E-state index in [0.29, 0.717) is 28.5 Å². The number of hydrogen-bond acceptors (Lipinski definition) is 3. The van der Waals surface area contributed by atoms with Crippen LogP contribution in [0.4, 0.5) is 10.2 Å². The first-order valence-corrected chi connectivity index (χ1v) is 4.94. The quantitative estimate of drug-likeness (QED) is 0.798. The highest BCUT2D eigenvalue weighted by atomic mass is 19.1. The molecule has 0 spiro atoms. The molecule has 3 nitrogen and oxygen atoms in total. The highest BCUT2D eigenvalue weighted by molar-refractivity contribution is 5.62. The van der Waals surface area contributed by atoms with E-state index < -0.39 is 0 Å². The molecule has 0 saturated heterocycles. The zero-order valence-corrected chi connectivity index (χ0v) is 9.16. The Morgan fingerprint density at radius 3 is 2.50 bits per heavy atom. The van der Waals surface area contributed by atoms with Crippen LogP contribution in [0.1, 0.15) is 11.4 Å². The van der Waals surface area contributed by atoms with Crippen molar-refractivity contribution >= 4 is 5.82 Å². The second-order valence-electron chi connectivity index (χ2n) is 3.69. The maximum atomic E-state index is 13.4. The van der Waals surface area contributed by atoms with Crippen LogP contribution in [0, 0.1) is 19.7 Å². The Morgan fingerprint density at radius 2 is 1.88 bits per heavy atom. The molecule has 0 unspecified atom stereocenters. The average Bonchev–Trinajstić information content (AvgIpc) is 2.20. The number of aryl methyl sites for hydroxylation is 2. The van der Waals surface area contributed by atoms with Gasteiger partial charge in [-0.15, -0.1) is 0 Å². The molecule has 1 aromatic carbocycles. The predicted molar refractivity (Wildman–Crippen MR) is 61.3 cm³/mol. The van der Waals surface area contributed by atoms with Gasteiger partial charge in [0.15, 0.2) is 0 Å². The fourth-order valence-corrected chi connectivity index (χ4v) is 1.49. The predicted octanol–water partition coefficient (Wildman–Crippen LogP) is 2.48. The van der Waals surface area contributed by atoms with Crippen molar-refractivity contribution in [3.8, 4) is 11.3 Å². The Morgan fingerprint density at radius 1 is 1.12 bits per heavy atom. The van der Waals surface area contributed by atoms with Crippen molar-refractivity contribution in [2.75, 3.05) is 5.73 Å². The number of halogens is 1. The summed E-state index contributed by atoms with van der Waals surface area (Å²) in [4.78, 5) is 8.19. The van der Waals surface area contributed by atoms with Crippen LogP contribution in [0.5, 0.6) is 0 Å². The number of benzene rings is 1. The van der Waals surface area contributed by atoms with E-state index in [-0.39, 0.29) is 5.82 Å². The van der Waals surface area contributed by atoms with Crippen molar-refractivity contribution in [3.63, 3.8) is 0 Å². The molecule has 1 aromatic heterocycles. The van der Waals surface area contributed by atoms with Crippen LogP contribution in [0.2, 0.25) is 0 Å². The number of nitrogens with zero attached hydrogens (tertiary/aromatic N) is 2. The van der Waals surface area contributed by atoms with Crippen molar-refractivity contribution in [1.82, 2.24) is 9.97 Å². The van der Waals surface area contributed by atoms with E-state index in [4.69, 9.17) is 5.73 Å². The molecule has 0 aliphatic carbocycles. The summed E-state index contributed by atoms with van der Waals surface area (Å²) in [6.07, 6.45) is 0. The summed E-state index contributed by atoms with van der Waals surface area (Å²) < 4.78 is 13.4. The van der Waals surface area contributed by atoms with Crippen LogP contribution >= 0.6 is 0 Å². The zero-order chi connectivity index (χ0) is 11.7. The van der Waals surface area contributed by atoms with Crippen LogP contribution < -0.4 is 5.73 Å². The number of nitrogens with two attached hydrogens (primary N) is 1. The average molecular weight is 217 g/mol. The summed E-state index contributed by atoms with van der Waals surface area (Å²) in [6, 6.07) is 6.63. The van der Waals surface area contributed by atoms with Gasteiger partial charge in [0.2, 0.25) is 0 Å². The molecule has 16 heavy (non-hydrogen) atoms. The van der Waals surface area contributed by atoms with Crippen LogP contribution in [-0.2, 0) is 0 Å². The second kappa shape index (κ2) is 3.89. The lowest BCUT2D eigenvalue weighted by Crippen LogP contribution is -1.97. The van der Waals surface area contributed by atoms with Gasteiger partial charge < -0.3 is 5.73 Å². The third-order valence-electron chi connectivity index (χ3n) is 2.33. The second-order valence-corrected chi connectivity index (χ2v) is 3.69. The summed E-state index contributed by atoms with van der Waals surface area (Å²) >= 11 is 0. The molecule has 0 atom stereocenters. The topological polar surface area (TPSA) is 51.8 Å². The van der Waals surface area contributed by atoms with Crippen LogP contribution in [-0.4, -0.2) is 9.97 Å². The fraction of sp³-hybridized carbons (Fsp3) is 0.167. The van der Waals surface area contributed by atoms with Gasteiger partial charge in [0.05, 0.1) is 5.69 Å². The van der Waals surface area contributed by atoms with Gasteiger partial charge in [0, 0.05) is 11.6 Å². The van der Waals surface area contributed by atoms with Gasteiger partial charge >= 0.3 is 0 Å². The summed E-state index contributed by atoms with van der Waals surface area (Å²) in [6.45, 7) is 3.48. The van der Waals surface area contributed by atoms with Crippen molar-refractivity contribution in [2.45, 2.75) is 13.8 Å². The smallest absolute Gasteiger partial charge is 0.128 e. The standard InChI is InChI=1S/C12H12FN3/c1-7-3-4-9(5-10(7)13)11-6-12(14)16-8(2)15-11/h3-6H,1-2H3,(H2,14,15,16). The molecule has 0 aliphatic heterocycles. The first-order chi connectivity index (χ1) is 7.56. The van der Waals surface area contributed by atoms with Gasteiger partial charge in [0.25, 0.3) is 0 Å². The number of anilines is 1. The molecule has 0 radical (unpaired) electrons. The summed E-state index contributed by atoms with van der Waals surface area (Å²) in [5.74, 6) is 0.729. The maximum absolute atomic E-state index is 13.4. The van der Waals surface area contributed by atoms with E-state index in [2.05, 4.69) is 9.97 Å². The molecule has 1 heterocycles. The Labute approximate surface area is 93.2 Å². The number of rotatable bonds is 1. The van der Waals surface area contributed by atoms with Gasteiger partial charge in [-0.25, -0.2) is 14.4 Å². The number of aromatic nitrogens is 2. The van der Waals surface area contributed by atoms with Crippen molar-refractivity contribution < 1.29 is 4.39 Å². The number of nitrogen functional groups attached to an aromatic ring is 1. The molecule has 0 aliphatic rings. The SMILES string of the molecule is Cc1nc(N)cc(-c2ccc(C)c(F)c2)n1.